The van der Waals surface area contributed by atoms with Crippen molar-refractivity contribution in [1.82, 2.24) is 5.32 Å². The molecule has 0 fully saturated rings. The van der Waals surface area contributed by atoms with E-state index in [1.54, 1.807) is 17.4 Å². The highest BCUT2D eigenvalue weighted by atomic mass is 32.1. The van der Waals surface area contributed by atoms with Gasteiger partial charge in [0.25, 0.3) is 5.91 Å². The molecule has 4 heteroatoms. The van der Waals surface area contributed by atoms with E-state index in [1.807, 2.05) is 44.4 Å². The lowest BCUT2D eigenvalue weighted by atomic mass is 9.83. The van der Waals surface area contributed by atoms with Crippen molar-refractivity contribution in [3.8, 4) is 16.2 Å². The fourth-order valence-electron chi connectivity index (χ4n) is 2.44. The SMILES string of the molecule is CCCCNC(=O)c1cc(-c2cccs2)cc(C(C)(C)C)c1O. The van der Waals surface area contributed by atoms with Crippen molar-refractivity contribution < 1.29 is 9.90 Å². The molecule has 0 aliphatic carbocycles. The molecule has 2 aromatic rings. The third kappa shape index (κ3) is 4.14. The number of rotatable bonds is 5. The summed E-state index contributed by atoms with van der Waals surface area (Å²) < 4.78 is 0. The Kier molecular flexibility index (Phi) is 5.47. The van der Waals surface area contributed by atoms with E-state index in [1.165, 1.54) is 0 Å². The number of aromatic hydroxyl groups is 1. The molecule has 0 saturated carbocycles. The number of benzene rings is 1. The van der Waals surface area contributed by atoms with Crippen LogP contribution < -0.4 is 5.32 Å². The van der Waals surface area contributed by atoms with Gasteiger partial charge in [0.15, 0.2) is 0 Å². The van der Waals surface area contributed by atoms with Gasteiger partial charge in [0.05, 0.1) is 5.56 Å². The standard InChI is InChI=1S/C19H25NO2S/c1-5-6-9-20-18(22)14-11-13(16-8-7-10-23-16)12-15(17(14)21)19(2,3)4/h7-8,10-12,21H,5-6,9H2,1-4H3,(H,20,22). The molecule has 0 bridgehead atoms. The van der Waals surface area contributed by atoms with Gasteiger partial charge in [-0.05, 0) is 41.0 Å². The molecule has 124 valence electrons. The van der Waals surface area contributed by atoms with Crippen LogP contribution in [0.5, 0.6) is 5.75 Å². The van der Waals surface area contributed by atoms with Gasteiger partial charge in [-0.3, -0.25) is 4.79 Å². The summed E-state index contributed by atoms with van der Waals surface area (Å²) in [5.74, 6) is -0.119. The summed E-state index contributed by atoms with van der Waals surface area (Å²) in [5.41, 5.74) is 1.89. The lowest BCUT2D eigenvalue weighted by molar-refractivity contribution is 0.0950. The van der Waals surface area contributed by atoms with Gasteiger partial charge >= 0.3 is 0 Å². The van der Waals surface area contributed by atoms with Crippen molar-refractivity contribution in [2.45, 2.75) is 46.0 Å². The average molecular weight is 331 g/mol. The van der Waals surface area contributed by atoms with Crippen LogP contribution >= 0.6 is 11.3 Å². The van der Waals surface area contributed by atoms with Gasteiger partial charge in [0.1, 0.15) is 5.75 Å². The molecule has 0 aliphatic rings. The van der Waals surface area contributed by atoms with Gasteiger partial charge in [-0.15, -0.1) is 11.3 Å². The number of thiophene rings is 1. The number of carbonyl (C=O) groups is 1. The first-order valence-electron chi connectivity index (χ1n) is 8.04. The van der Waals surface area contributed by atoms with Crippen LogP contribution in [0, 0.1) is 0 Å². The molecular weight excluding hydrogens is 306 g/mol. The van der Waals surface area contributed by atoms with Crippen molar-refractivity contribution in [3.63, 3.8) is 0 Å². The van der Waals surface area contributed by atoms with Crippen LogP contribution in [-0.4, -0.2) is 17.6 Å². The Morgan fingerprint density at radius 1 is 1.30 bits per heavy atom. The van der Waals surface area contributed by atoms with E-state index in [0.29, 0.717) is 12.1 Å². The Morgan fingerprint density at radius 3 is 2.61 bits per heavy atom. The van der Waals surface area contributed by atoms with Gasteiger partial charge in [-0.1, -0.05) is 40.2 Å². The number of nitrogens with one attached hydrogen (secondary N) is 1. The zero-order valence-corrected chi connectivity index (χ0v) is 15.1. The van der Waals surface area contributed by atoms with Crippen LogP contribution in [0.2, 0.25) is 0 Å². The van der Waals surface area contributed by atoms with Crippen molar-refractivity contribution >= 4 is 17.2 Å². The second-order valence-corrected chi connectivity index (χ2v) is 7.70. The minimum Gasteiger partial charge on any atom is -0.507 e. The summed E-state index contributed by atoms with van der Waals surface area (Å²) in [4.78, 5) is 13.6. The number of carbonyl (C=O) groups excluding carboxylic acids is 1. The maximum absolute atomic E-state index is 12.5. The summed E-state index contributed by atoms with van der Waals surface area (Å²) >= 11 is 1.63. The largest absolute Gasteiger partial charge is 0.507 e. The fourth-order valence-corrected chi connectivity index (χ4v) is 3.15. The summed E-state index contributed by atoms with van der Waals surface area (Å²) in [5, 5.41) is 15.5. The third-order valence-corrected chi connectivity index (χ3v) is 4.70. The Bertz CT molecular complexity index is 669. The molecule has 1 aromatic heterocycles. The number of phenols is 1. The minimum atomic E-state index is -0.240. The van der Waals surface area contributed by atoms with Crippen LogP contribution in [0.1, 0.15) is 56.5 Å². The summed E-state index contributed by atoms with van der Waals surface area (Å²) in [6.07, 6.45) is 1.96. The molecule has 1 amide bonds. The normalized spacial score (nSPS) is 11.5. The van der Waals surface area contributed by atoms with Crippen LogP contribution in [0.25, 0.3) is 10.4 Å². The highest BCUT2D eigenvalue weighted by Crippen LogP contribution is 2.38. The van der Waals surface area contributed by atoms with E-state index in [9.17, 15) is 9.90 Å². The van der Waals surface area contributed by atoms with E-state index in [4.69, 9.17) is 0 Å². The van der Waals surface area contributed by atoms with Crippen LogP contribution in [0.15, 0.2) is 29.6 Å². The first-order valence-corrected chi connectivity index (χ1v) is 8.92. The molecule has 0 aliphatic heterocycles. The number of hydrogen-bond acceptors (Lipinski definition) is 3. The van der Waals surface area contributed by atoms with Crippen LogP contribution in [-0.2, 0) is 5.41 Å². The van der Waals surface area contributed by atoms with Gasteiger partial charge < -0.3 is 10.4 Å². The molecule has 0 atom stereocenters. The first kappa shape index (κ1) is 17.5. The zero-order chi connectivity index (χ0) is 17.0. The minimum absolute atomic E-state index is 0.0896. The molecule has 0 saturated heterocycles. The molecule has 0 unspecified atom stereocenters. The van der Waals surface area contributed by atoms with Crippen molar-refractivity contribution in [2.24, 2.45) is 0 Å². The highest BCUT2D eigenvalue weighted by Gasteiger charge is 2.24. The van der Waals surface area contributed by atoms with Gasteiger partial charge in [0.2, 0.25) is 0 Å². The number of hydrogen-bond donors (Lipinski definition) is 2. The third-order valence-electron chi connectivity index (χ3n) is 3.78. The van der Waals surface area contributed by atoms with E-state index >= 15 is 0 Å². The topological polar surface area (TPSA) is 49.3 Å². The highest BCUT2D eigenvalue weighted by molar-refractivity contribution is 7.13. The lowest BCUT2D eigenvalue weighted by Crippen LogP contribution is -2.25. The number of phenolic OH excluding ortho intramolecular Hbond substituents is 1. The van der Waals surface area contributed by atoms with E-state index < -0.39 is 0 Å². The molecule has 23 heavy (non-hydrogen) atoms. The first-order chi connectivity index (χ1) is 10.8. The Morgan fingerprint density at radius 2 is 2.04 bits per heavy atom. The predicted molar refractivity (Wildman–Crippen MR) is 97.4 cm³/mol. The van der Waals surface area contributed by atoms with Gasteiger partial charge in [-0.25, -0.2) is 0 Å². The Hall–Kier alpha value is -1.81. The Balaban J connectivity index is 2.48. The van der Waals surface area contributed by atoms with Gasteiger partial charge in [0, 0.05) is 17.0 Å². The lowest BCUT2D eigenvalue weighted by Gasteiger charge is -2.23. The maximum Gasteiger partial charge on any atom is 0.255 e. The maximum atomic E-state index is 12.5. The van der Waals surface area contributed by atoms with Crippen molar-refractivity contribution in [3.05, 3.63) is 40.8 Å². The molecule has 1 heterocycles. The van der Waals surface area contributed by atoms with E-state index in [2.05, 4.69) is 12.2 Å². The molecule has 0 spiro atoms. The molecular formula is C19H25NO2S. The predicted octanol–water partition coefficient (Wildman–Crippen LogP) is 4.95. The second-order valence-electron chi connectivity index (χ2n) is 6.76. The van der Waals surface area contributed by atoms with E-state index in [0.717, 1.165) is 28.8 Å². The van der Waals surface area contributed by atoms with Crippen molar-refractivity contribution in [2.75, 3.05) is 6.54 Å². The Labute approximate surface area is 142 Å². The number of unbranched alkanes of at least 4 members (excludes halogenated alkanes) is 1. The zero-order valence-electron chi connectivity index (χ0n) is 14.3. The summed E-state index contributed by atoms with van der Waals surface area (Å²) in [6.45, 7) is 8.83. The van der Waals surface area contributed by atoms with Gasteiger partial charge in [-0.2, -0.15) is 0 Å². The fraction of sp³-hybridized carbons (Fsp3) is 0.421. The summed E-state index contributed by atoms with van der Waals surface area (Å²) in [7, 11) is 0. The molecule has 0 radical (unpaired) electrons. The van der Waals surface area contributed by atoms with Crippen LogP contribution in [0.3, 0.4) is 0 Å². The average Bonchev–Trinajstić information content (AvgIpc) is 3.00. The van der Waals surface area contributed by atoms with Crippen LogP contribution in [0.4, 0.5) is 0 Å². The molecule has 2 rings (SSSR count). The molecule has 1 aromatic carbocycles. The molecule has 2 N–H and O–H groups in total. The smallest absolute Gasteiger partial charge is 0.255 e. The monoisotopic (exact) mass is 331 g/mol. The number of amides is 1. The molecule has 3 nitrogen and oxygen atoms in total. The van der Waals surface area contributed by atoms with Crippen molar-refractivity contribution in [1.29, 1.82) is 0 Å². The summed E-state index contributed by atoms with van der Waals surface area (Å²) in [6, 6.07) is 7.80. The quantitative estimate of drug-likeness (QED) is 0.762. The second kappa shape index (κ2) is 7.18. The van der Waals surface area contributed by atoms with E-state index in [-0.39, 0.29) is 17.1 Å².